The van der Waals surface area contributed by atoms with Crippen molar-refractivity contribution in [1.82, 2.24) is 15.3 Å². The van der Waals surface area contributed by atoms with E-state index in [1.165, 1.54) is 11.1 Å². The molecule has 0 bridgehead atoms. The van der Waals surface area contributed by atoms with Gasteiger partial charge >= 0.3 is 0 Å². The van der Waals surface area contributed by atoms with Gasteiger partial charge in [0.05, 0.1) is 11.9 Å². The zero-order chi connectivity index (χ0) is 15.4. The van der Waals surface area contributed by atoms with Crippen LogP contribution in [-0.4, -0.2) is 23.1 Å². The fourth-order valence-electron chi connectivity index (χ4n) is 2.26. The van der Waals surface area contributed by atoms with Crippen molar-refractivity contribution in [3.63, 3.8) is 0 Å². The van der Waals surface area contributed by atoms with E-state index in [1.54, 1.807) is 6.20 Å². The number of hydrogen-bond acceptors (Lipinski definition) is 4. The van der Waals surface area contributed by atoms with Crippen molar-refractivity contribution in [2.45, 2.75) is 40.3 Å². The van der Waals surface area contributed by atoms with Gasteiger partial charge in [-0.3, -0.25) is 4.98 Å². The van der Waals surface area contributed by atoms with Crippen LogP contribution in [0.1, 0.15) is 30.7 Å². The van der Waals surface area contributed by atoms with E-state index in [4.69, 9.17) is 0 Å². The lowest BCUT2D eigenvalue weighted by Gasteiger charge is -2.21. The third kappa shape index (κ3) is 4.02. The van der Waals surface area contributed by atoms with Crippen molar-refractivity contribution >= 4 is 11.5 Å². The number of aromatic nitrogens is 2. The Kier molecular flexibility index (Phi) is 4.91. The molecular weight excluding hydrogens is 260 g/mol. The molecule has 0 aliphatic carbocycles. The van der Waals surface area contributed by atoms with Crippen LogP contribution in [0.25, 0.3) is 0 Å². The molecule has 1 heterocycles. The van der Waals surface area contributed by atoms with E-state index < -0.39 is 0 Å². The van der Waals surface area contributed by atoms with Crippen LogP contribution in [0.15, 0.2) is 30.6 Å². The van der Waals surface area contributed by atoms with Crippen LogP contribution >= 0.6 is 0 Å². The lowest BCUT2D eigenvalue weighted by atomic mass is 10.1. The summed E-state index contributed by atoms with van der Waals surface area (Å²) in [6.07, 6.45) is 3.62. The van der Waals surface area contributed by atoms with E-state index >= 15 is 0 Å². The highest BCUT2D eigenvalue weighted by Crippen LogP contribution is 2.25. The fraction of sp³-hybridized carbons (Fsp3) is 0.412. The Labute approximate surface area is 127 Å². The van der Waals surface area contributed by atoms with Crippen molar-refractivity contribution in [2.75, 3.05) is 11.9 Å². The molecule has 21 heavy (non-hydrogen) atoms. The maximum atomic E-state index is 4.69. The summed E-state index contributed by atoms with van der Waals surface area (Å²) in [5.41, 5.74) is 4.62. The summed E-state index contributed by atoms with van der Waals surface area (Å²) < 4.78 is 0. The van der Waals surface area contributed by atoms with Gasteiger partial charge in [-0.1, -0.05) is 31.5 Å². The Hall–Kier alpha value is -1.94. The summed E-state index contributed by atoms with van der Waals surface area (Å²) in [4.78, 5) is 11.1. The monoisotopic (exact) mass is 284 g/mol. The number of hydrogen-bond donors (Lipinski definition) is 1. The Morgan fingerprint density at radius 1 is 1.19 bits per heavy atom. The van der Waals surface area contributed by atoms with E-state index in [9.17, 15) is 0 Å². The van der Waals surface area contributed by atoms with E-state index in [-0.39, 0.29) is 0 Å². The standard InChI is InChI=1S/C17H24N4/c1-12(2)19-10-15-9-18-11-17(20-15)21(5)16-7-6-13(3)8-14(16)4/h6-9,11-12,19H,10H2,1-5H3. The summed E-state index contributed by atoms with van der Waals surface area (Å²) in [7, 11) is 2.03. The van der Waals surface area contributed by atoms with Crippen LogP contribution in [0.5, 0.6) is 0 Å². The zero-order valence-corrected chi connectivity index (χ0v) is 13.5. The van der Waals surface area contributed by atoms with Crippen LogP contribution in [0.4, 0.5) is 11.5 Å². The average molecular weight is 284 g/mol. The van der Waals surface area contributed by atoms with Gasteiger partial charge in [0, 0.05) is 31.5 Å². The first kappa shape index (κ1) is 15.4. The second-order valence-corrected chi connectivity index (χ2v) is 5.75. The Balaban J connectivity index is 2.22. The molecule has 4 heteroatoms. The first-order valence-electron chi connectivity index (χ1n) is 7.32. The summed E-state index contributed by atoms with van der Waals surface area (Å²) >= 11 is 0. The molecule has 1 aromatic carbocycles. The van der Waals surface area contributed by atoms with Gasteiger partial charge in [0.15, 0.2) is 5.82 Å². The highest BCUT2D eigenvalue weighted by Gasteiger charge is 2.09. The molecule has 2 aromatic rings. The molecule has 0 saturated carbocycles. The second kappa shape index (κ2) is 6.68. The van der Waals surface area contributed by atoms with Crippen molar-refractivity contribution < 1.29 is 0 Å². The van der Waals surface area contributed by atoms with Gasteiger partial charge in [0.2, 0.25) is 0 Å². The van der Waals surface area contributed by atoms with Crippen LogP contribution in [0, 0.1) is 13.8 Å². The first-order valence-corrected chi connectivity index (χ1v) is 7.32. The molecule has 0 saturated heterocycles. The van der Waals surface area contributed by atoms with Gasteiger partial charge in [-0.25, -0.2) is 4.98 Å². The molecule has 1 N–H and O–H groups in total. The number of anilines is 2. The van der Waals surface area contributed by atoms with Gasteiger partial charge < -0.3 is 10.2 Å². The number of benzene rings is 1. The number of nitrogens with zero attached hydrogens (tertiary/aromatic N) is 3. The van der Waals surface area contributed by atoms with Gasteiger partial charge in [-0.05, 0) is 25.5 Å². The first-order chi connectivity index (χ1) is 9.97. The summed E-state index contributed by atoms with van der Waals surface area (Å²) in [5.74, 6) is 0.866. The third-order valence-electron chi connectivity index (χ3n) is 3.42. The molecule has 0 fully saturated rings. The fourth-order valence-corrected chi connectivity index (χ4v) is 2.26. The minimum absolute atomic E-state index is 0.438. The summed E-state index contributed by atoms with van der Waals surface area (Å²) in [5, 5.41) is 3.37. The Morgan fingerprint density at radius 2 is 1.95 bits per heavy atom. The Morgan fingerprint density at radius 3 is 2.62 bits per heavy atom. The highest BCUT2D eigenvalue weighted by molar-refractivity contribution is 5.62. The average Bonchev–Trinajstić information content (AvgIpc) is 2.45. The highest BCUT2D eigenvalue weighted by atomic mass is 15.2. The smallest absolute Gasteiger partial charge is 0.151 e. The van der Waals surface area contributed by atoms with Gasteiger partial charge in [0.1, 0.15) is 0 Å². The summed E-state index contributed by atoms with van der Waals surface area (Å²) in [6.45, 7) is 9.21. The van der Waals surface area contributed by atoms with Gasteiger partial charge in [-0.15, -0.1) is 0 Å². The predicted octanol–water partition coefficient (Wildman–Crippen LogP) is 3.36. The van der Waals surface area contributed by atoms with Crippen LogP contribution in [0.2, 0.25) is 0 Å². The lowest BCUT2D eigenvalue weighted by Crippen LogP contribution is -2.23. The van der Waals surface area contributed by atoms with Gasteiger partial charge in [-0.2, -0.15) is 0 Å². The van der Waals surface area contributed by atoms with Crippen molar-refractivity contribution in [2.24, 2.45) is 0 Å². The van der Waals surface area contributed by atoms with E-state index in [1.807, 2.05) is 13.2 Å². The number of aryl methyl sites for hydroxylation is 2. The quantitative estimate of drug-likeness (QED) is 0.914. The normalized spacial score (nSPS) is 11.0. The molecular formula is C17H24N4. The van der Waals surface area contributed by atoms with E-state index in [0.717, 1.165) is 23.7 Å². The summed E-state index contributed by atoms with van der Waals surface area (Å²) in [6, 6.07) is 6.87. The molecule has 112 valence electrons. The maximum absolute atomic E-state index is 4.69. The lowest BCUT2D eigenvalue weighted by molar-refractivity contribution is 0.580. The maximum Gasteiger partial charge on any atom is 0.151 e. The van der Waals surface area contributed by atoms with Crippen molar-refractivity contribution in [1.29, 1.82) is 0 Å². The van der Waals surface area contributed by atoms with Crippen molar-refractivity contribution in [3.05, 3.63) is 47.4 Å². The Bertz CT molecular complexity index is 607. The van der Waals surface area contributed by atoms with E-state index in [2.05, 4.69) is 66.1 Å². The molecule has 1 aromatic heterocycles. The molecule has 0 aliphatic rings. The SMILES string of the molecule is Cc1ccc(N(C)c2cncc(CNC(C)C)n2)c(C)c1. The largest absolute Gasteiger partial charge is 0.328 e. The van der Waals surface area contributed by atoms with Crippen LogP contribution < -0.4 is 10.2 Å². The van der Waals surface area contributed by atoms with E-state index in [0.29, 0.717) is 6.04 Å². The minimum atomic E-state index is 0.438. The molecule has 0 unspecified atom stereocenters. The second-order valence-electron chi connectivity index (χ2n) is 5.75. The van der Waals surface area contributed by atoms with Crippen LogP contribution in [-0.2, 0) is 6.54 Å². The van der Waals surface area contributed by atoms with Crippen molar-refractivity contribution in [3.8, 4) is 0 Å². The number of nitrogens with one attached hydrogen (secondary N) is 1. The predicted molar refractivity (Wildman–Crippen MR) is 88.0 cm³/mol. The zero-order valence-electron chi connectivity index (χ0n) is 13.5. The molecule has 0 amide bonds. The third-order valence-corrected chi connectivity index (χ3v) is 3.42. The molecule has 0 atom stereocenters. The molecule has 2 rings (SSSR count). The molecule has 0 radical (unpaired) electrons. The minimum Gasteiger partial charge on any atom is -0.328 e. The molecule has 0 aliphatic heterocycles. The number of rotatable bonds is 5. The topological polar surface area (TPSA) is 41.1 Å². The van der Waals surface area contributed by atoms with Crippen LogP contribution in [0.3, 0.4) is 0 Å². The molecule has 0 spiro atoms. The molecule has 4 nitrogen and oxygen atoms in total. The van der Waals surface area contributed by atoms with Gasteiger partial charge in [0.25, 0.3) is 0 Å².